The Kier molecular flexibility index (Phi) is 4.10. The predicted octanol–water partition coefficient (Wildman–Crippen LogP) is 4.50. The molecular weight excluding hydrogens is 376 g/mol. The van der Waals surface area contributed by atoms with E-state index in [1.165, 1.54) is 11.3 Å². The highest BCUT2D eigenvalue weighted by atomic mass is 79.9. The number of amides is 1. The highest BCUT2D eigenvalue weighted by molar-refractivity contribution is 9.10. The van der Waals surface area contributed by atoms with Gasteiger partial charge in [-0.1, -0.05) is 11.6 Å². The van der Waals surface area contributed by atoms with Gasteiger partial charge >= 0.3 is 0 Å². The van der Waals surface area contributed by atoms with E-state index in [-0.39, 0.29) is 5.91 Å². The number of fused-ring (bicyclic) bond motifs is 1. The van der Waals surface area contributed by atoms with Gasteiger partial charge in [-0.3, -0.25) is 4.79 Å². The number of thiophene rings is 1. The summed E-state index contributed by atoms with van der Waals surface area (Å²) in [6.07, 6.45) is -0.457. The van der Waals surface area contributed by atoms with Crippen LogP contribution in [0.2, 0.25) is 4.34 Å². The summed E-state index contributed by atoms with van der Waals surface area (Å²) < 4.78 is 7.17. The van der Waals surface area contributed by atoms with Gasteiger partial charge in [-0.15, -0.1) is 11.3 Å². The molecule has 2 heterocycles. The Morgan fingerprint density at radius 2 is 2.29 bits per heavy atom. The Labute approximate surface area is 139 Å². The number of benzene rings is 1. The van der Waals surface area contributed by atoms with E-state index in [1.807, 2.05) is 24.3 Å². The van der Waals surface area contributed by atoms with Crippen LogP contribution in [0.15, 0.2) is 28.7 Å². The van der Waals surface area contributed by atoms with Crippen LogP contribution in [-0.2, 0) is 11.3 Å². The monoisotopic (exact) mass is 386 g/mol. The number of hydrogen-bond acceptors (Lipinski definition) is 4. The minimum absolute atomic E-state index is 0.131. The summed E-state index contributed by atoms with van der Waals surface area (Å²) in [4.78, 5) is 12.7. The summed E-state index contributed by atoms with van der Waals surface area (Å²) in [5.74, 6) is 0.559. The van der Waals surface area contributed by atoms with Gasteiger partial charge in [-0.05, 0) is 47.1 Å². The van der Waals surface area contributed by atoms with Gasteiger partial charge in [0.2, 0.25) is 0 Å². The molecule has 0 bridgehead atoms. The molecule has 0 saturated heterocycles. The number of halogens is 2. The number of carbonyl (C=O) groups excluding carboxylic acids is 1. The van der Waals surface area contributed by atoms with Crippen molar-refractivity contribution in [1.29, 1.82) is 0 Å². The zero-order valence-electron chi connectivity index (χ0n) is 11.1. The lowest BCUT2D eigenvalue weighted by Gasteiger charge is -2.23. The maximum absolute atomic E-state index is 11.6. The van der Waals surface area contributed by atoms with Crippen LogP contribution in [0.3, 0.4) is 0 Å². The molecule has 0 aliphatic carbocycles. The van der Waals surface area contributed by atoms with Crippen LogP contribution in [0.4, 0.5) is 11.4 Å². The lowest BCUT2D eigenvalue weighted by Crippen LogP contribution is -2.34. The van der Waals surface area contributed by atoms with E-state index in [9.17, 15) is 4.79 Å². The molecule has 0 radical (unpaired) electrons. The summed E-state index contributed by atoms with van der Waals surface area (Å²) >= 11 is 10.9. The third-order valence-corrected chi connectivity index (χ3v) is 5.55. The number of carbonyl (C=O) groups is 1. The summed E-state index contributed by atoms with van der Waals surface area (Å²) in [6.45, 7) is 2.39. The third-order valence-electron chi connectivity index (χ3n) is 3.07. The molecule has 4 nitrogen and oxygen atoms in total. The Bertz CT molecular complexity index is 685. The lowest BCUT2D eigenvalue weighted by molar-refractivity contribution is -0.122. The van der Waals surface area contributed by atoms with Crippen LogP contribution in [0.25, 0.3) is 0 Å². The Hall–Kier alpha value is -1.24. The average Bonchev–Trinajstić information content (AvgIpc) is 2.77. The molecule has 1 unspecified atom stereocenters. The molecule has 21 heavy (non-hydrogen) atoms. The highest BCUT2D eigenvalue weighted by Crippen LogP contribution is 2.34. The first-order valence-electron chi connectivity index (χ1n) is 6.32. The van der Waals surface area contributed by atoms with Crippen LogP contribution in [0.1, 0.15) is 11.8 Å². The molecule has 2 N–H and O–H groups in total. The van der Waals surface area contributed by atoms with Crippen molar-refractivity contribution in [1.82, 2.24) is 0 Å². The summed E-state index contributed by atoms with van der Waals surface area (Å²) in [5.41, 5.74) is 1.60. The molecule has 1 amide bonds. The molecular formula is C14H12BrClN2O2S. The molecule has 0 saturated carbocycles. The van der Waals surface area contributed by atoms with Gasteiger partial charge < -0.3 is 15.4 Å². The van der Waals surface area contributed by atoms with E-state index in [2.05, 4.69) is 26.6 Å². The summed E-state index contributed by atoms with van der Waals surface area (Å²) in [6, 6.07) is 7.63. The Morgan fingerprint density at radius 3 is 3.00 bits per heavy atom. The second-order valence-electron chi connectivity index (χ2n) is 4.65. The fourth-order valence-corrected chi connectivity index (χ4v) is 3.72. The van der Waals surface area contributed by atoms with Gasteiger partial charge in [0.05, 0.1) is 5.69 Å². The predicted molar refractivity (Wildman–Crippen MR) is 89.5 cm³/mol. The van der Waals surface area contributed by atoms with Crippen LogP contribution < -0.4 is 15.4 Å². The van der Waals surface area contributed by atoms with Crippen LogP contribution in [0, 0.1) is 0 Å². The zero-order valence-corrected chi connectivity index (χ0v) is 14.2. The van der Waals surface area contributed by atoms with Crippen molar-refractivity contribution in [2.75, 3.05) is 10.6 Å². The van der Waals surface area contributed by atoms with Gasteiger partial charge in [-0.25, -0.2) is 0 Å². The van der Waals surface area contributed by atoms with E-state index in [0.717, 1.165) is 19.4 Å². The van der Waals surface area contributed by atoms with Crippen molar-refractivity contribution >= 4 is 56.1 Å². The molecule has 3 rings (SSSR count). The number of nitrogens with one attached hydrogen (secondary N) is 2. The van der Waals surface area contributed by atoms with Crippen molar-refractivity contribution in [3.63, 3.8) is 0 Å². The van der Waals surface area contributed by atoms with Gasteiger partial charge in [0.25, 0.3) is 5.91 Å². The Morgan fingerprint density at radius 1 is 1.48 bits per heavy atom. The fourth-order valence-electron chi connectivity index (χ4n) is 1.99. The largest absolute Gasteiger partial charge is 0.479 e. The van der Waals surface area contributed by atoms with Gasteiger partial charge in [0.15, 0.2) is 6.10 Å². The number of hydrogen-bond donors (Lipinski definition) is 2. The molecule has 1 aliphatic heterocycles. The number of anilines is 2. The second kappa shape index (κ2) is 5.87. The van der Waals surface area contributed by atoms with E-state index in [1.54, 1.807) is 6.92 Å². The smallest absolute Gasteiger partial charge is 0.265 e. The van der Waals surface area contributed by atoms with Crippen molar-refractivity contribution in [2.24, 2.45) is 0 Å². The van der Waals surface area contributed by atoms with E-state index >= 15 is 0 Å². The molecule has 0 fully saturated rings. The number of rotatable bonds is 3. The van der Waals surface area contributed by atoms with E-state index < -0.39 is 6.10 Å². The molecule has 1 aromatic heterocycles. The normalized spacial score (nSPS) is 16.9. The maximum Gasteiger partial charge on any atom is 0.265 e. The van der Waals surface area contributed by atoms with Crippen molar-refractivity contribution < 1.29 is 9.53 Å². The Balaban J connectivity index is 1.72. The molecule has 0 spiro atoms. The van der Waals surface area contributed by atoms with Crippen molar-refractivity contribution in [3.8, 4) is 5.75 Å². The minimum atomic E-state index is -0.457. The van der Waals surface area contributed by atoms with Gasteiger partial charge in [-0.2, -0.15) is 0 Å². The van der Waals surface area contributed by atoms with Crippen molar-refractivity contribution in [3.05, 3.63) is 38.0 Å². The molecule has 110 valence electrons. The first kappa shape index (κ1) is 14.7. The number of ether oxygens (including phenoxy) is 1. The molecule has 1 aromatic carbocycles. The van der Waals surface area contributed by atoms with E-state index in [0.29, 0.717) is 18.0 Å². The van der Waals surface area contributed by atoms with Crippen LogP contribution >= 0.6 is 38.9 Å². The first-order chi connectivity index (χ1) is 10.0. The van der Waals surface area contributed by atoms with Crippen LogP contribution in [-0.4, -0.2) is 12.0 Å². The molecule has 7 heteroatoms. The van der Waals surface area contributed by atoms with E-state index in [4.69, 9.17) is 16.3 Å². The standard InChI is InChI=1S/C14H12BrClN2O2S/c1-7-14(19)18-11-4-8(2-3-12(11)20-7)17-6-9-5-10(15)13(16)21-9/h2-5,7,17H,6H2,1H3,(H,18,19). The minimum Gasteiger partial charge on any atom is -0.479 e. The van der Waals surface area contributed by atoms with Gasteiger partial charge in [0.1, 0.15) is 10.1 Å². The maximum atomic E-state index is 11.6. The topological polar surface area (TPSA) is 50.4 Å². The molecule has 1 atom stereocenters. The second-order valence-corrected chi connectivity index (χ2v) is 7.24. The van der Waals surface area contributed by atoms with Crippen LogP contribution in [0.5, 0.6) is 5.75 Å². The summed E-state index contributed by atoms with van der Waals surface area (Å²) in [5, 5.41) is 6.13. The molecule has 2 aromatic rings. The highest BCUT2D eigenvalue weighted by Gasteiger charge is 2.23. The van der Waals surface area contributed by atoms with Crippen molar-refractivity contribution in [2.45, 2.75) is 19.6 Å². The fraction of sp³-hybridized carbons (Fsp3) is 0.214. The SMILES string of the molecule is CC1Oc2ccc(NCc3cc(Br)c(Cl)s3)cc2NC1=O. The first-order valence-corrected chi connectivity index (χ1v) is 8.31. The third kappa shape index (κ3) is 3.17. The quantitative estimate of drug-likeness (QED) is 0.815. The average molecular weight is 388 g/mol. The lowest BCUT2D eigenvalue weighted by atomic mass is 10.2. The zero-order chi connectivity index (χ0) is 15.0. The molecule has 1 aliphatic rings. The summed E-state index contributed by atoms with van der Waals surface area (Å²) in [7, 11) is 0. The van der Waals surface area contributed by atoms with Gasteiger partial charge in [0, 0.05) is 21.6 Å².